The third kappa shape index (κ3) is 2.97. The van der Waals surface area contributed by atoms with E-state index in [0.29, 0.717) is 13.0 Å². The molecule has 0 aliphatic carbocycles. The van der Waals surface area contributed by atoms with E-state index in [1.165, 1.54) is 7.11 Å². The predicted octanol–water partition coefficient (Wildman–Crippen LogP) is 1.96. The molecule has 4 nitrogen and oxygen atoms in total. The average molecular weight is 244 g/mol. The lowest BCUT2D eigenvalue weighted by atomic mass is 10.0. The van der Waals surface area contributed by atoms with E-state index in [-0.39, 0.29) is 5.97 Å². The molecule has 2 aromatic rings. The fraction of sp³-hybridized carbons (Fsp3) is 0.286. The van der Waals surface area contributed by atoms with E-state index in [2.05, 4.69) is 4.98 Å². The molecular formula is C14H16N2O2. The van der Waals surface area contributed by atoms with Crippen LogP contribution in [0.3, 0.4) is 0 Å². The van der Waals surface area contributed by atoms with Gasteiger partial charge in [0.1, 0.15) is 0 Å². The summed E-state index contributed by atoms with van der Waals surface area (Å²) in [6.45, 7) is 2.67. The molecule has 4 heteroatoms. The van der Waals surface area contributed by atoms with Gasteiger partial charge in [-0.25, -0.2) is 4.98 Å². The highest BCUT2D eigenvalue weighted by Crippen LogP contribution is 2.12. The Labute approximate surface area is 106 Å². The standard InChI is InChI=1S/C14H16N2O2/c1-11-8-16(10-15-11)9-13-6-4-3-5-12(13)7-14(17)18-2/h3-6,8,10H,7,9H2,1-2H3. The first kappa shape index (κ1) is 12.4. The number of aromatic nitrogens is 2. The van der Waals surface area contributed by atoms with Crippen LogP contribution in [0.4, 0.5) is 0 Å². The van der Waals surface area contributed by atoms with E-state index >= 15 is 0 Å². The Morgan fingerprint density at radius 3 is 2.67 bits per heavy atom. The highest BCUT2D eigenvalue weighted by Gasteiger charge is 2.08. The third-order valence-electron chi connectivity index (χ3n) is 2.80. The number of rotatable bonds is 4. The Morgan fingerprint density at radius 1 is 1.33 bits per heavy atom. The first-order chi connectivity index (χ1) is 8.69. The van der Waals surface area contributed by atoms with Gasteiger partial charge in [-0.15, -0.1) is 0 Å². The van der Waals surface area contributed by atoms with E-state index in [1.54, 1.807) is 6.33 Å². The monoisotopic (exact) mass is 244 g/mol. The van der Waals surface area contributed by atoms with Crippen LogP contribution in [0.2, 0.25) is 0 Å². The van der Waals surface area contributed by atoms with Crippen LogP contribution in [0.1, 0.15) is 16.8 Å². The Balaban J connectivity index is 2.19. The van der Waals surface area contributed by atoms with Crippen LogP contribution < -0.4 is 0 Å². The molecule has 0 fully saturated rings. The summed E-state index contributed by atoms with van der Waals surface area (Å²) in [7, 11) is 1.41. The van der Waals surface area contributed by atoms with Gasteiger partial charge in [-0.3, -0.25) is 4.79 Å². The number of benzene rings is 1. The van der Waals surface area contributed by atoms with Crippen LogP contribution >= 0.6 is 0 Å². The Kier molecular flexibility index (Phi) is 3.77. The van der Waals surface area contributed by atoms with Crippen LogP contribution in [-0.4, -0.2) is 22.6 Å². The van der Waals surface area contributed by atoms with Crippen molar-refractivity contribution in [2.45, 2.75) is 19.9 Å². The Morgan fingerprint density at radius 2 is 2.06 bits per heavy atom. The zero-order chi connectivity index (χ0) is 13.0. The van der Waals surface area contributed by atoms with Crippen LogP contribution in [0, 0.1) is 6.92 Å². The molecule has 0 aliphatic rings. The van der Waals surface area contributed by atoms with Crippen molar-refractivity contribution in [3.63, 3.8) is 0 Å². The fourth-order valence-electron chi connectivity index (χ4n) is 1.87. The van der Waals surface area contributed by atoms with Gasteiger partial charge in [-0.1, -0.05) is 24.3 Å². The molecular weight excluding hydrogens is 228 g/mol. The molecule has 2 rings (SSSR count). The molecule has 0 aliphatic heterocycles. The number of carbonyl (C=O) groups is 1. The largest absolute Gasteiger partial charge is 0.469 e. The lowest BCUT2D eigenvalue weighted by Crippen LogP contribution is -2.08. The molecule has 1 aromatic carbocycles. The highest BCUT2D eigenvalue weighted by molar-refractivity contribution is 5.72. The second-order valence-electron chi connectivity index (χ2n) is 4.21. The van der Waals surface area contributed by atoms with Gasteiger partial charge in [0.25, 0.3) is 0 Å². The number of carbonyl (C=O) groups excluding carboxylic acids is 1. The van der Waals surface area contributed by atoms with Crippen LogP contribution in [-0.2, 0) is 22.5 Å². The van der Waals surface area contributed by atoms with Gasteiger partial charge in [-0.05, 0) is 18.1 Å². The van der Waals surface area contributed by atoms with Crippen LogP contribution in [0.15, 0.2) is 36.8 Å². The molecule has 0 atom stereocenters. The summed E-state index contributed by atoms with van der Waals surface area (Å²) >= 11 is 0. The molecule has 0 amide bonds. The number of ether oxygens (including phenoxy) is 1. The molecule has 1 aromatic heterocycles. The summed E-state index contributed by atoms with van der Waals surface area (Å²) in [4.78, 5) is 15.5. The average Bonchev–Trinajstić information content (AvgIpc) is 2.77. The normalized spacial score (nSPS) is 10.3. The predicted molar refractivity (Wildman–Crippen MR) is 68.2 cm³/mol. The van der Waals surface area contributed by atoms with Crippen molar-refractivity contribution in [1.29, 1.82) is 0 Å². The van der Waals surface area contributed by atoms with Crippen molar-refractivity contribution < 1.29 is 9.53 Å². The maximum Gasteiger partial charge on any atom is 0.309 e. The van der Waals surface area contributed by atoms with Gasteiger partial charge in [0, 0.05) is 12.7 Å². The molecule has 0 unspecified atom stereocenters. The SMILES string of the molecule is COC(=O)Cc1ccccc1Cn1cnc(C)c1. The fourth-order valence-corrected chi connectivity index (χ4v) is 1.87. The highest BCUT2D eigenvalue weighted by atomic mass is 16.5. The molecule has 0 radical (unpaired) electrons. The molecule has 0 saturated heterocycles. The summed E-state index contributed by atoms with van der Waals surface area (Å²) in [6, 6.07) is 7.88. The minimum atomic E-state index is -0.218. The smallest absolute Gasteiger partial charge is 0.309 e. The minimum Gasteiger partial charge on any atom is -0.469 e. The number of aryl methyl sites for hydroxylation is 1. The maximum absolute atomic E-state index is 11.3. The Hall–Kier alpha value is -2.10. The van der Waals surface area contributed by atoms with Crippen molar-refractivity contribution >= 4 is 5.97 Å². The second-order valence-corrected chi connectivity index (χ2v) is 4.21. The first-order valence-corrected chi connectivity index (χ1v) is 5.81. The number of hydrogen-bond acceptors (Lipinski definition) is 3. The number of imidazole rings is 1. The quantitative estimate of drug-likeness (QED) is 0.772. The maximum atomic E-state index is 11.3. The van der Waals surface area contributed by atoms with Gasteiger partial charge < -0.3 is 9.30 Å². The molecule has 0 bridgehead atoms. The molecule has 0 spiro atoms. The molecule has 18 heavy (non-hydrogen) atoms. The van der Waals surface area contributed by atoms with Gasteiger partial charge >= 0.3 is 5.97 Å². The summed E-state index contributed by atoms with van der Waals surface area (Å²) < 4.78 is 6.71. The number of esters is 1. The van der Waals surface area contributed by atoms with Gasteiger partial charge in [-0.2, -0.15) is 0 Å². The van der Waals surface area contributed by atoms with Crippen molar-refractivity contribution in [1.82, 2.24) is 9.55 Å². The summed E-state index contributed by atoms with van der Waals surface area (Å²) in [5.74, 6) is -0.218. The number of nitrogens with zero attached hydrogens (tertiary/aromatic N) is 2. The number of methoxy groups -OCH3 is 1. The molecule has 1 heterocycles. The zero-order valence-electron chi connectivity index (χ0n) is 10.6. The summed E-state index contributed by atoms with van der Waals surface area (Å²) in [6.07, 6.45) is 4.08. The Bertz CT molecular complexity index is 546. The first-order valence-electron chi connectivity index (χ1n) is 5.81. The third-order valence-corrected chi connectivity index (χ3v) is 2.80. The lowest BCUT2D eigenvalue weighted by molar-refractivity contribution is -0.139. The minimum absolute atomic E-state index is 0.218. The molecule has 0 N–H and O–H groups in total. The molecule has 94 valence electrons. The van der Waals surface area contributed by atoms with E-state index in [0.717, 1.165) is 16.8 Å². The topological polar surface area (TPSA) is 44.1 Å². The number of hydrogen-bond donors (Lipinski definition) is 0. The van der Waals surface area contributed by atoms with Crippen molar-refractivity contribution in [2.24, 2.45) is 0 Å². The summed E-state index contributed by atoms with van der Waals surface area (Å²) in [5, 5.41) is 0. The van der Waals surface area contributed by atoms with E-state index < -0.39 is 0 Å². The van der Waals surface area contributed by atoms with Crippen molar-refractivity contribution in [3.05, 3.63) is 53.6 Å². The molecule has 0 saturated carbocycles. The van der Waals surface area contributed by atoms with Gasteiger partial charge in [0.05, 0.1) is 25.6 Å². The van der Waals surface area contributed by atoms with E-state index in [1.807, 2.05) is 42.0 Å². The van der Waals surface area contributed by atoms with E-state index in [9.17, 15) is 4.79 Å². The second kappa shape index (κ2) is 5.49. The van der Waals surface area contributed by atoms with Crippen LogP contribution in [0.5, 0.6) is 0 Å². The van der Waals surface area contributed by atoms with Crippen LogP contribution in [0.25, 0.3) is 0 Å². The van der Waals surface area contributed by atoms with Gasteiger partial charge in [0.2, 0.25) is 0 Å². The zero-order valence-corrected chi connectivity index (χ0v) is 10.6. The van der Waals surface area contributed by atoms with Gasteiger partial charge in [0.15, 0.2) is 0 Å². The van der Waals surface area contributed by atoms with Crippen molar-refractivity contribution in [3.8, 4) is 0 Å². The lowest BCUT2D eigenvalue weighted by Gasteiger charge is -2.09. The summed E-state index contributed by atoms with van der Waals surface area (Å²) in [5.41, 5.74) is 3.09. The van der Waals surface area contributed by atoms with Crippen molar-refractivity contribution in [2.75, 3.05) is 7.11 Å². The van der Waals surface area contributed by atoms with E-state index in [4.69, 9.17) is 4.74 Å².